The Labute approximate surface area is 127 Å². The molecule has 0 spiro atoms. The van der Waals surface area contributed by atoms with Crippen molar-refractivity contribution in [3.63, 3.8) is 0 Å². The van der Waals surface area contributed by atoms with Gasteiger partial charge in [0.05, 0.1) is 11.3 Å². The molecule has 0 radical (unpaired) electrons. The highest BCUT2D eigenvalue weighted by molar-refractivity contribution is 6.32. The molecule has 112 valence electrons. The van der Waals surface area contributed by atoms with E-state index < -0.39 is 11.8 Å². The first kappa shape index (κ1) is 14.1. The van der Waals surface area contributed by atoms with E-state index in [1.807, 2.05) is 44.2 Å². The average Bonchev–Trinajstić information content (AvgIpc) is 2.85. The van der Waals surface area contributed by atoms with Gasteiger partial charge in [0, 0.05) is 0 Å². The quantitative estimate of drug-likeness (QED) is 0.654. The Hall–Kier alpha value is -2.89. The van der Waals surface area contributed by atoms with Gasteiger partial charge in [0.25, 0.3) is 11.8 Å². The van der Waals surface area contributed by atoms with Crippen LogP contribution in [0, 0.1) is 0 Å². The zero-order valence-electron chi connectivity index (χ0n) is 12.4. The number of fused-ring (bicyclic) bond motifs is 1. The van der Waals surface area contributed by atoms with Gasteiger partial charge in [-0.25, -0.2) is 4.68 Å². The van der Waals surface area contributed by atoms with Gasteiger partial charge < -0.3 is 5.73 Å². The van der Waals surface area contributed by atoms with Crippen LogP contribution in [0.1, 0.15) is 36.3 Å². The first-order valence-corrected chi connectivity index (χ1v) is 7.04. The molecule has 0 bridgehead atoms. The number of nitrogens with zero attached hydrogens (tertiary/aromatic N) is 2. The van der Waals surface area contributed by atoms with Crippen molar-refractivity contribution in [1.82, 2.24) is 15.1 Å². The molecule has 1 aromatic heterocycles. The fraction of sp³-hybridized carbons (Fsp3) is 0.188. The SMILES string of the molecule is CC/C(C)=C1/C(=O)NC(=O)c2c1nn(-c1ccccc1)c2N. The van der Waals surface area contributed by atoms with Crippen LogP contribution in [-0.4, -0.2) is 21.6 Å². The third-order valence-electron chi connectivity index (χ3n) is 3.80. The summed E-state index contributed by atoms with van der Waals surface area (Å²) in [5.74, 6) is -0.700. The van der Waals surface area contributed by atoms with Crippen LogP contribution in [-0.2, 0) is 4.79 Å². The summed E-state index contributed by atoms with van der Waals surface area (Å²) in [5.41, 5.74) is 8.75. The first-order chi connectivity index (χ1) is 10.5. The maximum atomic E-state index is 12.1. The topological polar surface area (TPSA) is 90.0 Å². The van der Waals surface area contributed by atoms with Gasteiger partial charge in [-0.3, -0.25) is 14.9 Å². The number of nitrogen functional groups attached to an aromatic ring is 1. The number of imide groups is 1. The molecule has 0 aliphatic carbocycles. The van der Waals surface area contributed by atoms with E-state index in [0.717, 1.165) is 11.3 Å². The van der Waals surface area contributed by atoms with Crippen molar-refractivity contribution in [2.75, 3.05) is 5.73 Å². The number of carbonyl (C=O) groups excluding carboxylic acids is 2. The lowest BCUT2D eigenvalue weighted by Gasteiger charge is -2.15. The van der Waals surface area contributed by atoms with Crippen LogP contribution in [0.2, 0.25) is 0 Å². The van der Waals surface area contributed by atoms with Crippen molar-refractivity contribution >= 4 is 23.2 Å². The minimum atomic E-state index is -0.507. The molecule has 0 saturated carbocycles. The Morgan fingerprint density at radius 3 is 2.55 bits per heavy atom. The average molecular weight is 296 g/mol. The number of aromatic nitrogens is 2. The van der Waals surface area contributed by atoms with Gasteiger partial charge in [0.2, 0.25) is 0 Å². The number of carbonyl (C=O) groups is 2. The van der Waals surface area contributed by atoms with E-state index in [0.29, 0.717) is 17.7 Å². The van der Waals surface area contributed by atoms with Gasteiger partial charge in [-0.15, -0.1) is 0 Å². The molecule has 2 amide bonds. The predicted octanol–water partition coefficient (Wildman–Crippen LogP) is 1.91. The van der Waals surface area contributed by atoms with Crippen molar-refractivity contribution in [3.8, 4) is 5.69 Å². The maximum absolute atomic E-state index is 12.1. The van der Waals surface area contributed by atoms with Crippen molar-refractivity contribution in [2.24, 2.45) is 0 Å². The van der Waals surface area contributed by atoms with Gasteiger partial charge in [-0.2, -0.15) is 5.10 Å². The van der Waals surface area contributed by atoms with Crippen LogP contribution in [0.5, 0.6) is 0 Å². The zero-order valence-corrected chi connectivity index (χ0v) is 12.4. The highest BCUT2D eigenvalue weighted by Gasteiger charge is 2.34. The van der Waals surface area contributed by atoms with Crippen LogP contribution < -0.4 is 11.1 Å². The summed E-state index contributed by atoms with van der Waals surface area (Å²) in [7, 11) is 0. The summed E-state index contributed by atoms with van der Waals surface area (Å²) in [4.78, 5) is 24.3. The molecular weight excluding hydrogens is 280 g/mol. The Bertz CT molecular complexity index is 803. The van der Waals surface area contributed by atoms with Crippen LogP contribution in [0.25, 0.3) is 11.3 Å². The molecule has 1 aliphatic heterocycles. The summed E-state index contributed by atoms with van der Waals surface area (Å²) >= 11 is 0. The maximum Gasteiger partial charge on any atom is 0.264 e. The molecule has 0 atom stereocenters. The highest BCUT2D eigenvalue weighted by Crippen LogP contribution is 2.31. The second kappa shape index (κ2) is 5.14. The molecule has 1 aromatic carbocycles. The number of hydrogen-bond acceptors (Lipinski definition) is 4. The standard InChI is InChI=1S/C16H16N4O2/c1-3-9(2)11-13-12(16(22)18-15(11)21)14(17)20(19-13)10-7-5-4-6-8-10/h4-8H,3,17H2,1-2H3,(H,18,21,22)/b11-9+. The lowest BCUT2D eigenvalue weighted by molar-refractivity contribution is -0.114. The van der Waals surface area contributed by atoms with Gasteiger partial charge in [-0.1, -0.05) is 30.7 Å². The molecule has 6 heteroatoms. The molecule has 2 heterocycles. The van der Waals surface area contributed by atoms with Crippen molar-refractivity contribution in [3.05, 3.63) is 47.2 Å². The molecule has 3 rings (SSSR count). The van der Waals surface area contributed by atoms with Gasteiger partial charge in [-0.05, 0) is 25.5 Å². The summed E-state index contributed by atoms with van der Waals surface area (Å²) in [6, 6.07) is 9.27. The molecule has 0 fully saturated rings. The largest absolute Gasteiger partial charge is 0.383 e. The monoisotopic (exact) mass is 296 g/mol. The third-order valence-corrected chi connectivity index (χ3v) is 3.80. The van der Waals surface area contributed by atoms with Crippen LogP contribution >= 0.6 is 0 Å². The highest BCUT2D eigenvalue weighted by atomic mass is 16.2. The van der Waals surface area contributed by atoms with Gasteiger partial charge >= 0.3 is 0 Å². The van der Waals surface area contributed by atoms with E-state index in [1.54, 1.807) is 0 Å². The van der Waals surface area contributed by atoms with Gasteiger partial charge in [0.1, 0.15) is 17.1 Å². The van der Waals surface area contributed by atoms with E-state index in [9.17, 15) is 9.59 Å². The van der Waals surface area contributed by atoms with Crippen molar-refractivity contribution in [2.45, 2.75) is 20.3 Å². The summed E-state index contributed by atoms with van der Waals surface area (Å²) in [6.45, 7) is 3.80. The minimum absolute atomic E-state index is 0.229. The number of allylic oxidation sites excluding steroid dienone is 1. The molecule has 0 saturated heterocycles. The Kier molecular flexibility index (Phi) is 3.29. The number of rotatable bonds is 2. The number of nitrogens with one attached hydrogen (secondary N) is 1. The Morgan fingerprint density at radius 1 is 1.23 bits per heavy atom. The normalized spacial score (nSPS) is 16.3. The molecule has 1 aliphatic rings. The lowest BCUT2D eigenvalue weighted by atomic mass is 9.96. The molecule has 3 N–H and O–H groups in total. The zero-order chi connectivity index (χ0) is 15.9. The predicted molar refractivity (Wildman–Crippen MR) is 83.3 cm³/mol. The minimum Gasteiger partial charge on any atom is -0.383 e. The van der Waals surface area contributed by atoms with Crippen LogP contribution in [0.3, 0.4) is 0 Å². The van der Waals surface area contributed by atoms with Crippen LogP contribution in [0.15, 0.2) is 35.9 Å². The molecule has 6 nitrogen and oxygen atoms in total. The molecular formula is C16H16N4O2. The third kappa shape index (κ3) is 2.00. The molecule has 2 aromatic rings. The number of anilines is 1. The lowest BCUT2D eigenvalue weighted by Crippen LogP contribution is -2.37. The van der Waals surface area contributed by atoms with Crippen molar-refractivity contribution in [1.29, 1.82) is 0 Å². The molecule has 22 heavy (non-hydrogen) atoms. The number of benzene rings is 1. The summed E-state index contributed by atoms with van der Waals surface area (Å²) < 4.78 is 1.49. The second-order valence-electron chi connectivity index (χ2n) is 5.15. The fourth-order valence-electron chi connectivity index (χ4n) is 2.50. The van der Waals surface area contributed by atoms with E-state index in [2.05, 4.69) is 10.4 Å². The van der Waals surface area contributed by atoms with E-state index in [4.69, 9.17) is 5.73 Å². The smallest absolute Gasteiger partial charge is 0.264 e. The number of hydrogen-bond donors (Lipinski definition) is 2. The fourth-order valence-corrected chi connectivity index (χ4v) is 2.50. The first-order valence-electron chi connectivity index (χ1n) is 7.04. The number of para-hydroxylation sites is 1. The Balaban J connectivity index is 2.28. The van der Waals surface area contributed by atoms with Gasteiger partial charge in [0.15, 0.2) is 0 Å². The van der Waals surface area contributed by atoms with E-state index in [1.165, 1.54) is 4.68 Å². The second-order valence-corrected chi connectivity index (χ2v) is 5.15. The molecule has 0 unspecified atom stereocenters. The Morgan fingerprint density at radius 2 is 1.91 bits per heavy atom. The summed E-state index contributed by atoms with van der Waals surface area (Å²) in [6.07, 6.45) is 0.689. The van der Waals surface area contributed by atoms with E-state index in [-0.39, 0.29) is 11.4 Å². The van der Waals surface area contributed by atoms with E-state index >= 15 is 0 Å². The number of nitrogens with two attached hydrogens (primary N) is 1. The van der Waals surface area contributed by atoms with Crippen molar-refractivity contribution < 1.29 is 9.59 Å². The summed E-state index contributed by atoms with van der Waals surface area (Å²) in [5, 5.41) is 6.76. The number of amides is 2. The van der Waals surface area contributed by atoms with Crippen LogP contribution in [0.4, 0.5) is 5.82 Å².